The summed E-state index contributed by atoms with van der Waals surface area (Å²) in [6.07, 6.45) is 0.851. The predicted octanol–water partition coefficient (Wildman–Crippen LogP) is 1.38. The van der Waals surface area contributed by atoms with Gasteiger partial charge in [0.05, 0.1) is 6.61 Å². The Morgan fingerprint density at radius 1 is 1.43 bits per heavy atom. The van der Waals surface area contributed by atoms with E-state index < -0.39 is 0 Å². The van der Waals surface area contributed by atoms with E-state index in [-0.39, 0.29) is 12.0 Å². The van der Waals surface area contributed by atoms with E-state index in [1.165, 1.54) is 0 Å². The minimum Gasteiger partial charge on any atom is -0.465 e. The van der Waals surface area contributed by atoms with Crippen molar-refractivity contribution in [2.45, 2.75) is 26.3 Å². The van der Waals surface area contributed by atoms with Crippen molar-refractivity contribution in [2.75, 3.05) is 31.2 Å². The molecule has 1 fully saturated rings. The number of thioether (sulfide) groups is 1. The molecule has 0 bridgehead atoms. The number of hydrogen-bond acceptors (Lipinski definition) is 4. The number of hydrogen-bond donors (Lipinski definition) is 0. The summed E-state index contributed by atoms with van der Waals surface area (Å²) in [7, 11) is 0. The molecule has 14 heavy (non-hydrogen) atoms. The highest BCUT2D eigenvalue weighted by molar-refractivity contribution is 7.99. The smallest absolute Gasteiger partial charge is 0.323 e. The molecule has 0 aromatic heterocycles. The van der Waals surface area contributed by atoms with Crippen molar-refractivity contribution >= 4 is 17.7 Å². The molecule has 1 rings (SSSR count). The van der Waals surface area contributed by atoms with Crippen LogP contribution < -0.4 is 0 Å². The van der Waals surface area contributed by atoms with Crippen LogP contribution in [0.5, 0.6) is 0 Å². The summed E-state index contributed by atoms with van der Waals surface area (Å²) >= 11 is 1.96. The van der Waals surface area contributed by atoms with Crippen LogP contribution in [0.2, 0.25) is 0 Å². The highest BCUT2D eigenvalue weighted by Crippen LogP contribution is 2.14. The molecule has 1 aliphatic rings. The molecule has 0 spiro atoms. The van der Waals surface area contributed by atoms with E-state index in [2.05, 4.69) is 4.90 Å². The summed E-state index contributed by atoms with van der Waals surface area (Å²) < 4.78 is 5.06. The number of esters is 1. The van der Waals surface area contributed by atoms with Crippen LogP contribution in [0.4, 0.5) is 0 Å². The van der Waals surface area contributed by atoms with E-state index in [1.807, 2.05) is 25.6 Å². The van der Waals surface area contributed by atoms with Crippen molar-refractivity contribution in [1.29, 1.82) is 0 Å². The van der Waals surface area contributed by atoms with Crippen molar-refractivity contribution < 1.29 is 9.53 Å². The molecular weight excluding hydrogens is 198 g/mol. The molecule has 0 aliphatic carbocycles. The second-order valence-corrected chi connectivity index (χ2v) is 4.55. The van der Waals surface area contributed by atoms with Gasteiger partial charge >= 0.3 is 5.97 Å². The van der Waals surface area contributed by atoms with Crippen molar-refractivity contribution in [3.8, 4) is 0 Å². The Morgan fingerprint density at radius 3 is 2.57 bits per heavy atom. The molecule has 0 radical (unpaired) electrons. The van der Waals surface area contributed by atoms with Crippen molar-refractivity contribution in [2.24, 2.45) is 0 Å². The van der Waals surface area contributed by atoms with Crippen LogP contribution in [0.3, 0.4) is 0 Å². The summed E-state index contributed by atoms with van der Waals surface area (Å²) in [5, 5.41) is 0. The van der Waals surface area contributed by atoms with Gasteiger partial charge in [-0.25, -0.2) is 0 Å². The zero-order chi connectivity index (χ0) is 10.4. The van der Waals surface area contributed by atoms with Crippen LogP contribution in [0.1, 0.15) is 20.3 Å². The maximum atomic E-state index is 11.6. The molecule has 1 saturated heterocycles. The highest BCUT2D eigenvalue weighted by Gasteiger charge is 2.26. The largest absolute Gasteiger partial charge is 0.465 e. The maximum absolute atomic E-state index is 11.6. The summed E-state index contributed by atoms with van der Waals surface area (Å²) in [5.74, 6) is 2.22. The first-order valence-corrected chi connectivity index (χ1v) is 6.43. The highest BCUT2D eigenvalue weighted by atomic mass is 32.2. The SMILES string of the molecule is CCOC(=O)C(CC)N1CCSCC1. The first-order chi connectivity index (χ1) is 6.79. The number of ether oxygens (including phenoxy) is 1. The van der Waals surface area contributed by atoms with Crippen LogP contribution in [-0.4, -0.2) is 48.1 Å². The van der Waals surface area contributed by atoms with Crippen LogP contribution in [0.15, 0.2) is 0 Å². The normalized spacial score (nSPS) is 20.4. The fourth-order valence-corrected chi connectivity index (χ4v) is 2.63. The van der Waals surface area contributed by atoms with Gasteiger partial charge in [0.25, 0.3) is 0 Å². The molecule has 0 saturated carbocycles. The minimum atomic E-state index is -0.0538. The van der Waals surface area contributed by atoms with Gasteiger partial charge in [0.1, 0.15) is 6.04 Å². The van der Waals surface area contributed by atoms with Gasteiger partial charge in [-0.3, -0.25) is 9.69 Å². The van der Waals surface area contributed by atoms with Gasteiger partial charge in [0.2, 0.25) is 0 Å². The van der Waals surface area contributed by atoms with E-state index in [0.717, 1.165) is 31.0 Å². The molecule has 1 atom stereocenters. The molecule has 1 heterocycles. The summed E-state index contributed by atoms with van der Waals surface area (Å²) in [6.45, 7) is 6.42. The fraction of sp³-hybridized carbons (Fsp3) is 0.900. The molecule has 0 aromatic rings. The van der Waals surface area contributed by atoms with Gasteiger partial charge in [0, 0.05) is 24.6 Å². The van der Waals surface area contributed by atoms with Gasteiger partial charge in [-0.1, -0.05) is 6.92 Å². The summed E-state index contributed by atoms with van der Waals surface area (Å²) in [6, 6.07) is -0.0177. The fourth-order valence-electron chi connectivity index (χ4n) is 1.70. The van der Waals surface area contributed by atoms with Crippen molar-refractivity contribution in [1.82, 2.24) is 4.90 Å². The topological polar surface area (TPSA) is 29.5 Å². The lowest BCUT2D eigenvalue weighted by molar-refractivity contribution is -0.149. The molecule has 0 N–H and O–H groups in total. The lowest BCUT2D eigenvalue weighted by Gasteiger charge is -2.31. The van der Waals surface area contributed by atoms with E-state index in [9.17, 15) is 4.79 Å². The number of carbonyl (C=O) groups is 1. The predicted molar refractivity (Wildman–Crippen MR) is 59.6 cm³/mol. The second kappa shape index (κ2) is 6.30. The molecular formula is C10H19NO2S. The van der Waals surface area contributed by atoms with E-state index in [4.69, 9.17) is 4.74 Å². The quantitative estimate of drug-likeness (QED) is 0.665. The molecule has 1 aliphatic heterocycles. The van der Waals surface area contributed by atoms with Crippen LogP contribution in [0.25, 0.3) is 0 Å². The molecule has 0 aromatic carbocycles. The van der Waals surface area contributed by atoms with Gasteiger partial charge in [-0.05, 0) is 13.3 Å². The van der Waals surface area contributed by atoms with E-state index >= 15 is 0 Å². The lowest BCUT2D eigenvalue weighted by atomic mass is 10.2. The zero-order valence-electron chi connectivity index (χ0n) is 8.99. The molecule has 0 amide bonds. The van der Waals surface area contributed by atoms with E-state index in [1.54, 1.807) is 0 Å². The van der Waals surface area contributed by atoms with Crippen LogP contribution in [-0.2, 0) is 9.53 Å². The maximum Gasteiger partial charge on any atom is 0.323 e. The Balaban J connectivity index is 2.46. The Kier molecular flexibility index (Phi) is 5.33. The van der Waals surface area contributed by atoms with Crippen LogP contribution in [0, 0.1) is 0 Å². The Morgan fingerprint density at radius 2 is 2.07 bits per heavy atom. The van der Waals surface area contributed by atoms with Crippen LogP contribution >= 0.6 is 11.8 Å². The Labute approximate surface area is 90.2 Å². The first kappa shape index (κ1) is 11.9. The average Bonchev–Trinajstić information content (AvgIpc) is 2.21. The molecule has 1 unspecified atom stereocenters. The zero-order valence-corrected chi connectivity index (χ0v) is 9.81. The second-order valence-electron chi connectivity index (χ2n) is 3.32. The van der Waals surface area contributed by atoms with Gasteiger partial charge in [-0.15, -0.1) is 0 Å². The monoisotopic (exact) mass is 217 g/mol. The van der Waals surface area contributed by atoms with Gasteiger partial charge < -0.3 is 4.74 Å². The Hall–Kier alpha value is -0.220. The lowest BCUT2D eigenvalue weighted by Crippen LogP contribution is -2.46. The third-order valence-corrected chi connectivity index (χ3v) is 3.37. The van der Waals surface area contributed by atoms with Crippen molar-refractivity contribution in [3.63, 3.8) is 0 Å². The van der Waals surface area contributed by atoms with E-state index in [0.29, 0.717) is 6.61 Å². The number of nitrogens with zero attached hydrogens (tertiary/aromatic N) is 1. The average molecular weight is 217 g/mol. The van der Waals surface area contributed by atoms with Gasteiger partial charge in [-0.2, -0.15) is 11.8 Å². The first-order valence-electron chi connectivity index (χ1n) is 5.28. The molecule has 4 heteroatoms. The standard InChI is InChI=1S/C10H19NO2S/c1-3-9(10(12)13-4-2)11-5-7-14-8-6-11/h9H,3-8H2,1-2H3. The molecule has 3 nitrogen and oxygen atoms in total. The third kappa shape index (κ3) is 3.17. The molecule has 82 valence electrons. The van der Waals surface area contributed by atoms with Crippen molar-refractivity contribution in [3.05, 3.63) is 0 Å². The third-order valence-electron chi connectivity index (χ3n) is 2.43. The number of carbonyl (C=O) groups excluding carboxylic acids is 1. The summed E-state index contributed by atoms with van der Waals surface area (Å²) in [5.41, 5.74) is 0. The van der Waals surface area contributed by atoms with Gasteiger partial charge in [0.15, 0.2) is 0 Å². The minimum absolute atomic E-state index is 0.0177. The summed E-state index contributed by atoms with van der Waals surface area (Å²) in [4.78, 5) is 13.8. The Bertz CT molecular complexity index is 181. The number of rotatable bonds is 4.